The van der Waals surface area contributed by atoms with E-state index in [9.17, 15) is 4.79 Å². The van der Waals surface area contributed by atoms with Crippen molar-refractivity contribution in [3.8, 4) is 11.3 Å². The van der Waals surface area contributed by atoms with E-state index in [1.807, 2.05) is 20.8 Å². The third-order valence-electron chi connectivity index (χ3n) is 5.49. The number of rotatable bonds is 7. The molecule has 6 heteroatoms. The molecule has 0 spiro atoms. The topological polar surface area (TPSA) is 53.4 Å². The Labute approximate surface area is 193 Å². The highest BCUT2D eigenvalue weighted by molar-refractivity contribution is 14.1. The molecule has 1 aliphatic carbocycles. The molecule has 1 saturated carbocycles. The van der Waals surface area contributed by atoms with Gasteiger partial charge in [-0.25, -0.2) is 4.79 Å². The minimum atomic E-state index is -0.459. The predicted octanol–water partition coefficient (Wildman–Crippen LogP) is 5.63. The third kappa shape index (κ3) is 6.54. The Hall–Kier alpha value is -1.41. The van der Waals surface area contributed by atoms with Gasteiger partial charge in [0.2, 0.25) is 0 Å². The van der Waals surface area contributed by atoms with Crippen LogP contribution in [0.5, 0.6) is 0 Å². The molecule has 1 aliphatic rings. The van der Waals surface area contributed by atoms with Gasteiger partial charge in [0, 0.05) is 12.1 Å². The third-order valence-corrected chi connectivity index (χ3v) is 6.78. The zero-order valence-electron chi connectivity index (χ0n) is 18.5. The minimum absolute atomic E-state index is 0.0443. The summed E-state index contributed by atoms with van der Waals surface area (Å²) in [6, 6.07) is 10.5. The molecule has 1 heterocycles. The molecule has 0 bridgehead atoms. The lowest BCUT2D eigenvalue weighted by atomic mass is 9.82. The summed E-state index contributed by atoms with van der Waals surface area (Å²) in [7, 11) is 0. The zero-order chi connectivity index (χ0) is 21.7. The van der Waals surface area contributed by atoms with Crippen LogP contribution in [0.25, 0.3) is 11.3 Å². The van der Waals surface area contributed by atoms with Crippen molar-refractivity contribution in [2.45, 2.75) is 65.5 Å². The van der Waals surface area contributed by atoms with Crippen LogP contribution >= 0.6 is 22.6 Å². The van der Waals surface area contributed by atoms with E-state index in [0.29, 0.717) is 18.4 Å². The van der Waals surface area contributed by atoms with Crippen molar-refractivity contribution >= 4 is 28.6 Å². The summed E-state index contributed by atoms with van der Waals surface area (Å²) < 4.78 is 14.4. The number of carbonyl (C=O) groups is 1. The summed E-state index contributed by atoms with van der Waals surface area (Å²) in [6.07, 6.45) is 4.61. The Morgan fingerprint density at radius 2 is 1.77 bits per heavy atom. The fraction of sp³-hybridized carbons (Fsp3) is 0.583. The van der Waals surface area contributed by atoms with E-state index >= 15 is 0 Å². The lowest BCUT2D eigenvalue weighted by Crippen LogP contribution is -2.28. The van der Waals surface area contributed by atoms with Gasteiger partial charge in [-0.05, 0) is 87.8 Å². The first-order chi connectivity index (χ1) is 14.2. The Balaban J connectivity index is 1.49. The normalized spacial score (nSPS) is 19.6. The van der Waals surface area contributed by atoms with Gasteiger partial charge in [0.25, 0.3) is 0 Å². The summed E-state index contributed by atoms with van der Waals surface area (Å²) in [6.45, 7) is 9.35. The van der Waals surface area contributed by atoms with Crippen molar-refractivity contribution in [2.24, 2.45) is 11.8 Å². The van der Waals surface area contributed by atoms with Gasteiger partial charge in [-0.15, -0.1) is 0 Å². The predicted molar refractivity (Wildman–Crippen MR) is 127 cm³/mol. The van der Waals surface area contributed by atoms with E-state index in [2.05, 4.69) is 64.5 Å². The summed E-state index contributed by atoms with van der Waals surface area (Å²) in [5.74, 6) is 0.870. The van der Waals surface area contributed by atoms with Crippen LogP contribution in [0.2, 0.25) is 0 Å². The molecule has 164 valence electrons. The van der Waals surface area contributed by atoms with Crippen molar-refractivity contribution in [3.05, 3.63) is 39.6 Å². The maximum Gasteiger partial charge on any atom is 0.332 e. The maximum absolute atomic E-state index is 11.8. The summed E-state index contributed by atoms with van der Waals surface area (Å²) in [4.78, 5) is 11.8. The second kappa shape index (κ2) is 10.3. The van der Waals surface area contributed by atoms with Crippen LogP contribution in [0.1, 0.15) is 52.1 Å². The smallest absolute Gasteiger partial charge is 0.332 e. The van der Waals surface area contributed by atoms with Gasteiger partial charge in [0.1, 0.15) is 12.2 Å². The van der Waals surface area contributed by atoms with Crippen molar-refractivity contribution in [2.75, 3.05) is 13.2 Å². The maximum atomic E-state index is 11.8. The number of aryl methyl sites for hydroxylation is 1. The van der Waals surface area contributed by atoms with Crippen LogP contribution < -0.4 is 0 Å². The van der Waals surface area contributed by atoms with Crippen LogP contribution in [0.3, 0.4) is 0 Å². The van der Waals surface area contributed by atoms with Crippen molar-refractivity contribution in [1.29, 1.82) is 0 Å². The number of nitrogens with zero attached hydrogens (tertiary/aromatic N) is 2. The Morgan fingerprint density at radius 1 is 1.13 bits per heavy atom. The number of carbonyl (C=O) groups excluding carboxylic acids is 1. The highest BCUT2D eigenvalue weighted by Crippen LogP contribution is 2.33. The molecule has 1 aromatic heterocycles. The van der Waals surface area contributed by atoms with E-state index in [1.165, 1.54) is 27.7 Å². The zero-order valence-corrected chi connectivity index (χ0v) is 20.6. The summed E-state index contributed by atoms with van der Waals surface area (Å²) >= 11 is 2.42. The SMILES string of the molecule is Cc1nn(C[C@H]2CC[C@H](COCC(=O)OC(C)(C)C)CC2)c(-c2ccccc2)c1I. The Bertz CT molecular complexity index is 834. The molecule has 1 aromatic carbocycles. The molecule has 0 aliphatic heterocycles. The largest absolute Gasteiger partial charge is 0.458 e. The number of esters is 1. The Morgan fingerprint density at radius 3 is 2.40 bits per heavy atom. The molecule has 0 radical (unpaired) electrons. The average molecular weight is 524 g/mol. The molecule has 0 N–H and O–H groups in total. The second-order valence-electron chi connectivity index (χ2n) is 9.28. The summed E-state index contributed by atoms with van der Waals surface area (Å²) in [5.41, 5.74) is 3.10. The van der Waals surface area contributed by atoms with Gasteiger partial charge >= 0.3 is 5.97 Å². The molecule has 5 nitrogen and oxygen atoms in total. The van der Waals surface area contributed by atoms with E-state index in [4.69, 9.17) is 14.6 Å². The fourth-order valence-electron chi connectivity index (χ4n) is 4.07. The monoisotopic (exact) mass is 524 g/mol. The molecule has 3 rings (SSSR count). The van der Waals surface area contributed by atoms with Gasteiger partial charge in [-0.1, -0.05) is 30.3 Å². The molecule has 30 heavy (non-hydrogen) atoms. The average Bonchev–Trinajstić information content (AvgIpc) is 2.96. The first-order valence-electron chi connectivity index (χ1n) is 10.8. The number of aromatic nitrogens is 2. The molecular weight excluding hydrogens is 491 g/mol. The second-order valence-corrected chi connectivity index (χ2v) is 10.4. The van der Waals surface area contributed by atoms with Crippen LogP contribution in [-0.4, -0.2) is 34.6 Å². The van der Waals surface area contributed by atoms with E-state index in [1.54, 1.807) is 0 Å². The molecule has 0 unspecified atom stereocenters. The number of ether oxygens (including phenoxy) is 2. The first kappa shape index (κ1) is 23.3. The van der Waals surface area contributed by atoms with E-state index in [-0.39, 0.29) is 12.6 Å². The summed E-state index contributed by atoms with van der Waals surface area (Å²) in [5, 5.41) is 4.83. The minimum Gasteiger partial charge on any atom is -0.458 e. The molecular formula is C24H33IN2O3. The molecule has 2 aromatic rings. The van der Waals surface area contributed by atoms with Gasteiger partial charge in [-0.3, -0.25) is 4.68 Å². The van der Waals surface area contributed by atoms with Crippen LogP contribution in [0.15, 0.2) is 30.3 Å². The van der Waals surface area contributed by atoms with Gasteiger partial charge < -0.3 is 9.47 Å². The number of hydrogen-bond donors (Lipinski definition) is 0. The van der Waals surface area contributed by atoms with E-state index in [0.717, 1.165) is 25.1 Å². The quantitative estimate of drug-likeness (QED) is 0.348. The molecule has 0 amide bonds. The first-order valence-corrected chi connectivity index (χ1v) is 11.9. The standard InChI is InChI=1S/C24H33IN2O3/c1-17-22(25)23(20-8-6-5-7-9-20)27(26-17)14-18-10-12-19(13-11-18)15-29-16-21(28)30-24(2,3)4/h5-9,18-19H,10-16H2,1-4H3/t18-,19-. The van der Waals surface area contributed by atoms with Crippen molar-refractivity contribution < 1.29 is 14.3 Å². The lowest BCUT2D eigenvalue weighted by molar-refractivity contribution is -0.160. The van der Waals surface area contributed by atoms with Crippen molar-refractivity contribution in [3.63, 3.8) is 0 Å². The number of halogens is 1. The highest BCUT2D eigenvalue weighted by Gasteiger charge is 2.24. The molecule has 1 fully saturated rings. The van der Waals surface area contributed by atoms with E-state index < -0.39 is 5.60 Å². The highest BCUT2D eigenvalue weighted by atomic mass is 127. The number of benzene rings is 1. The number of hydrogen-bond acceptors (Lipinski definition) is 4. The van der Waals surface area contributed by atoms with Gasteiger partial charge in [0.05, 0.1) is 21.6 Å². The van der Waals surface area contributed by atoms with Gasteiger partial charge in [-0.2, -0.15) is 5.10 Å². The van der Waals surface area contributed by atoms with Crippen molar-refractivity contribution in [1.82, 2.24) is 9.78 Å². The fourth-order valence-corrected chi connectivity index (χ4v) is 4.77. The van der Waals surface area contributed by atoms with Gasteiger partial charge in [0.15, 0.2) is 0 Å². The lowest BCUT2D eigenvalue weighted by Gasteiger charge is -2.28. The molecule has 0 atom stereocenters. The van der Waals surface area contributed by atoms with Crippen LogP contribution in [0.4, 0.5) is 0 Å². The van der Waals surface area contributed by atoms with Crippen LogP contribution in [-0.2, 0) is 20.8 Å². The van der Waals surface area contributed by atoms with Crippen LogP contribution in [0, 0.1) is 22.3 Å². The Kier molecular flexibility index (Phi) is 7.96. The molecule has 0 saturated heterocycles.